The average molecular weight is 276 g/mol. The van der Waals surface area contributed by atoms with Crippen molar-refractivity contribution in [3.05, 3.63) is 35.9 Å². The Hall–Kier alpha value is -1.84. The van der Waals surface area contributed by atoms with Crippen LogP contribution in [0, 0.1) is 5.92 Å². The first-order valence-corrected chi connectivity index (χ1v) is 7.05. The van der Waals surface area contributed by atoms with Crippen LogP contribution in [-0.4, -0.2) is 29.8 Å². The van der Waals surface area contributed by atoms with Gasteiger partial charge < -0.3 is 10.2 Å². The van der Waals surface area contributed by atoms with Crippen molar-refractivity contribution in [2.45, 2.75) is 33.7 Å². The predicted octanol–water partition coefficient (Wildman–Crippen LogP) is 2.20. The summed E-state index contributed by atoms with van der Waals surface area (Å²) in [4.78, 5) is 25.0. The third-order valence-corrected chi connectivity index (χ3v) is 3.09. The fraction of sp³-hybridized carbons (Fsp3) is 0.500. The van der Waals surface area contributed by atoms with Gasteiger partial charge in [-0.3, -0.25) is 9.59 Å². The number of nitrogens with one attached hydrogen (secondary N) is 1. The Bertz CT molecular complexity index is 429. The van der Waals surface area contributed by atoms with E-state index in [4.69, 9.17) is 0 Å². The lowest BCUT2D eigenvalue weighted by molar-refractivity contribution is -0.134. The molecule has 0 bridgehead atoms. The zero-order valence-electron chi connectivity index (χ0n) is 12.6. The molecule has 0 spiro atoms. The first-order chi connectivity index (χ1) is 9.49. The van der Waals surface area contributed by atoms with Crippen molar-refractivity contribution in [1.29, 1.82) is 0 Å². The highest BCUT2D eigenvalue weighted by atomic mass is 16.2. The standard InChI is InChI=1S/C16H24N2O2/c1-13(2)9-10-18(14(3)19)12-16(20)17-11-15-7-5-4-6-8-15/h4-8,13H,9-12H2,1-3H3,(H,17,20). The van der Waals surface area contributed by atoms with E-state index in [0.29, 0.717) is 19.0 Å². The van der Waals surface area contributed by atoms with Crippen LogP contribution >= 0.6 is 0 Å². The SMILES string of the molecule is CC(=O)N(CCC(C)C)CC(=O)NCc1ccccc1. The molecule has 1 rings (SSSR count). The van der Waals surface area contributed by atoms with Crippen molar-refractivity contribution >= 4 is 11.8 Å². The van der Waals surface area contributed by atoms with Gasteiger partial charge >= 0.3 is 0 Å². The van der Waals surface area contributed by atoms with Gasteiger partial charge in [0.2, 0.25) is 11.8 Å². The Balaban J connectivity index is 2.40. The molecule has 4 nitrogen and oxygen atoms in total. The Morgan fingerprint density at radius 3 is 2.40 bits per heavy atom. The molecule has 0 radical (unpaired) electrons. The number of hydrogen-bond donors (Lipinski definition) is 1. The number of hydrogen-bond acceptors (Lipinski definition) is 2. The van der Waals surface area contributed by atoms with Crippen LogP contribution in [0.25, 0.3) is 0 Å². The molecule has 0 saturated heterocycles. The molecular formula is C16H24N2O2. The molecule has 0 fully saturated rings. The second kappa shape index (κ2) is 8.35. The van der Waals surface area contributed by atoms with Gasteiger partial charge in [0.15, 0.2) is 0 Å². The highest BCUT2D eigenvalue weighted by Gasteiger charge is 2.13. The number of benzene rings is 1. The summed E-state index contributed by atoms with van der Waals surface area (Å²) in [5, 5.41) is 2.84. The highest BCUT2D eigenvalue weighted by molar-refractivity contribution is 5.83. The van der Waals surface area contributed by atoms with Crippen LogP contribution in [0.15, 0.2) is 30.3 Å². The van der Waals surface area contributed by atoms with Gasteiger partial charge in [0.25, 0.3) is 0 Å². The maximum Gasteiger partial charge on any atom is 0.239 e. The van der Waals surface area contributed by atoms with Gasteiger partial charge in [-0.05, 0) is 17.9 Å². The van der Waals surface area contributed by atoms with Crippen molar-refractivity contribution in [2.75, 3.05) is 13.1 Å². The summed E-state index contributed by atoms with van der Waals surface area (Å²) in [7, 11) is 0. The summed E-state index contributed by atoms with van der Waals surface area (Å²) in [6.07, 6.45) is 0.908. The summed E-state index contributed by atoms with van der Waals surface area (Å²) in [5.74, 6) is 0.345. The van der Waals surface area contributed by atoms with Crippen LogP contribution in [0.1, 0.15) is 32.8 Å². The molecule has 1 N–H and O–H groups in total. The normalized spacial score (nSPS) is 10.4. The van der Waals surface area contributed by atoms with Gasteiger partial charge in [0.05, 0.1) is 6.54 Å². The van der Waals surface area contributed by atoms with E-state index in [-0.39, 0.29) is 18.4 Å². The van der Waals surface area contributed by atoms with Crippen molar-refractivity contribution in [1.82, 2.24) is 10.2 Å². The smallest absolute Gasteiger partial charge is 0.239 e. The van der Waals surface area contributed by atoms with Gasteiger partial charge in [-0.15, -0.1) is 0 Å². The monoisotopic (exact) mass is 276 g/mol. The van der Waals surface area contributed by atoms with Gasteiger partial charge in [-0.2, -0.15) is 0 Å². The minimum Gasteiger partial charge on any atom is -0.350 e. The summed E-state index contributed by atoms with van der Waals surface area (Å²) in [5.41, 5.74) is 1.05. The molecule has 0 atom stereocenters. The van der Waals surface area contributed by atoms with E-state index >= 15 is 0 Å². The van der Waals surface area contributed by atoms with E-state index in [2.05, 4.69) is 19.2 Å². The molecule has 0 aliphatic carbocycles. The van der Waals surface area contributed by atoms with Crippen LogP contribution in [0.2, 0.25) is 0 Å². The molecule has 110 valence electrons. The fourth-order valence-electron chi connectivity index (χ4n) is 1.79. The number of nitrogens with zero attached hydrogens (tertiary/aromatic N) is 1. The summed E-state index contributed by atoms with van der Waals surface area (Å²) < 4.78 is 0. The molecule has 0 aliphatic heterocycles. The predicted molar refractivity (Wildman–Crippen MR) is 80.0 cm³/mol. The maximum absolute atomic E-state index is 11.9. The molecule has 0 aromatic heterocycles. The van der Waals surface area contributed by atoms with Crippen molar-refractivity contribution < 1.29 is 9.59 Å². The molecule has 1 aromatic rings. The lowest BCUT2D eigenvalue weighted by Gasteiger charge is -2.21. The van der Waals surface area contributed by atoms with Crippen LogP contribution in [0.5, 0.6) is 0 Å². The molecule has 2 amide bonds. The van der Waals surface area contributed by atoms with Gasteiger partial charge in [0.1, 0.15) is 0 Å². The van der Waals surface area contributed by atoms with Gasteiger partial charge in [0, 0.05) is 20.0 Å². The van der Waals surface area contributed by atoms with E-state index in [0.717, 1.165) is 12.0 Å². The minimum absolute atomic E-state index is 0.0551. The maximum atomic E-state index is 11.9. The highest BCUT2D eigenvalue weighted by Crippen LogP contribution is 2.03. The van der Waals surface area contributed by atoms with E-state index in [1.54, 1.807) is 4.90 Å². The van der Waals surface area contributed by atoms with Crippen molar-refractivity contribution in [2.24, 2.45) is 5.92 Å². The third-order valence-electron chi connectivity index (χ3n) is 3.09. The molecule has 0 unspecified atom stereocenters. The summed E-state index contributed by atoms with van der Waals surface area (Å²) in [6, 6.07) is 9.73. The summed E-state index contributed by atoms with van der Waals surface area (Å²) in [6.45, 7) is 6.97. The largest absolute Gasteiger partial charge is 0.350 e. The first-order valence-electron chi connectivity index (χ1n) is 7.05. The third kappa shape index (κ3) is 6.36. The lowest BCUT2D eigenvalue weighted by atomic mass is 10.1. The Kier molecular flexibility index (Phi) is 6.77. The topological polar surface area (TPSA) is 49.4 Å². The van der Waals surface area contributed by atoms with Crippen LogP contribution in [0.3, 0.4) is 0 Å². The molecule has 4 heteroatoms. The Labute approximate surface area is 121 Å². The van der Waals surface area contributed by atoms with Crippen molar-refractivity contribution in [3.63, 3.8) is 0 Å². The van der Waals surface area contributed by atoms with E-state index < -0.39 is 0 Å². The molecule has 0 heterocycles. The van der Waals surface area contributed by atoms with Gasteiger partial charge in [-0.1, -0.05) is 44.2 Å². The van der Waals surface area contributed by atoms with Crippen molar-refractivity contribution in [3.8, 4) is 0 Å². The zero-order valence-corrected chi connectivity index (χ0v) is 12.6. The number of amides is 2. The average Bonchev–Trinajstić information content (AvgIpc) is 2.41. The number of carbonyl (C=O) groups excluding carboxylic acids is 2. The molecule has 0 saturated carbocycles. The molecule has 0 aliphatic rings. The van der Waals surface area contributed by atoms with E-state index in [9.17, 15) is 9.59 Å². The first kappa shape index (κ1) is 16.2. The minimum atomic E-state index is -0.118. The lowest BCUT2D eigenvalue weighted by Crippen LogP contribution is -2.40. The van der Waals surface area contributed by atoms with Crippen LogP contribution in [0.4, 0.5) is 0 Å². The second-order valence-electron chi connectivity index (χ2n) is 5.39. The zero-order chi connectivity index (χ0) is 15.0. The fourth-order valence-corrected chi connectivity index (χ4v) is 1.79. The summed E-state index contributed by atoms with van der Waals surface area (Å²) >= 11 is 0. The number of rotatable bonds is 7. The van der Waals surface area contributed by atoms with Crippen LogP contribution in [-0.2, 0) is 16.1 Å². The number of carbonyl (C=O) groups is 2. The van der Waals surface area contributed by atoms with Crippen LogP contribution < -0.4 is 5.32 Å². The molecule has 1 aromatic carbocycles. The second-order valence-corrected chi connectivity index (χ2v) is 5.39. The molecular weight excluding hydrogens is 252 g/mol. The van der Waals surface area contributed by atoms with E-state index in [1.165, 1.54) is 6.92 Å². The van der Waals surface area contributed by atoms with Gasteiger partial charge in [-0.25, -0.2) is 0 Å². The molecule has 20 heavy (non-hydrogen) atoms. The van der Waals surface area contributed by atoms with E-state index in [1.807, 2.05) is 30.3 Å². The Morgan fingerprint density at radius 1 is 1.20 bits per heavy atom. The Morgan fingerprint density at radius 2 is 1.85 bits per heavy atom. The quantitative estimate of drug-likeness (QED) is 0.830.